The van der Waals surface area contributed by atoms with Crippen molar-refractivity contribution in [2.75, 3.05) is 19.6 Å². The van der Waals surface area contributed by atoms with Crippen molar-refractivity contribution in [2.24, 2.45) is 11.8 Å². The third-order valence-electron chi connectivity index (χ3n) is 4.84. The summed E-state index contributed by atoms with van der Waals surface area (Å²) in [5.74, 6) is -1.33. The van der Waals surface area contributed by atoms with E-state index in [1.807, 2.05) is 4.90 Å². The second-order valence-electron chi connectivity index (χ2n) is 6.25. The van der Waals surface area contributed by atoms with Crippen LogP contribution in [0.3, 0.4) is 0 Å². The number of hydrogen-bond donors (Lipinski definition) is 1. The van der Waals surface area contributed by atoms with Gasteiger partial charge in [0.05, 0.1) is 5.92 Å². The molecule has 1 aliphatic carbocycles. The second-order valence-corrected chi connectivity index (χ2v) is 6.25. The molecule has 1 aliphatic heterocycles. The van der Waals surface area contributed by atoms with Crippen LogP contribution in [-0.4, -0.2) is 42.7 Å². The molecule has 1 saturated carbocycles. The monoisotopic (exact) mass is 306 g/mol. The van der Waals surface area contributed by atoms with Crippen molar-refractivity contribution < 1.29 is 18.0 Å². The lowest BCUT2D eigenvalue weighted by molar-refractivity contribution is -0.185. The minimum absolute atomic E-state index is 0.0746. The quantitative estimate of drug-likeness (QED) is 0.869. The summed E-state index contributed by atoms with van der Waals surface area (Å²) in [5.41, 5.74) is 0. The first kappa shape index (κ1) is 16.6. The predicted molar refractivity (Wildman–Crippen MR) is 74.8 cm³/mol. The fraction of sp³-hybridized carbons (Fsp3) is 0.933. The van der Waals surface area contributed by atoms with Crippen molar-refractivity contribution in [2.45, 2.75) is 57.7 Å². The highest BCUT2D eigenvalue weighted by Gasteiger charge is 2.43. The Morgan fingerprint density at radius 3 is 2.14 bits per heavy atom. The number of nitrogens with zero attached hydrogens (tertiary/aromatic N) is 1. The molecule has 122 valence electrons. The van der Waals surface area contributed by atoms with Gasteiger partial charge in [-0.05, 0) is 45.1 Å². The van der Waals surface area contributed by atoms with E-state index in [0.717, 1.165) is 32.5 Å². The van der Waals surface area contributed by atoms with Crippen molar-refractivity contribution in [3.8, 4) is 0 Å². The Kier molecular flexibility index (Phi) is 5.52. The van der Waals surface area contributed by atoms with Crippen LogP contribution in [0.25, 0.3) is 0 Å². The molecule has 1 amide bonds. The smallest absolute Gasteiger partial charge is 0.342 e. The molecule has 2 aliphatic rings. The summed E-state index contributed by atoms with van der Waals surface area (Å²) in [5, 5.41) is 3.38. The fourth-order valence-corrected chi connectivity index (χ4v) is 3.52. The first-order valence-corrected chi connectivity index (χ1v) is 8.00. The van der Waals surface area contributed by atoms with Gasteiger partial charge >= 0.3 is 6.18 Å². The number of alkyl halides is 3. The first-order valence-electron chi connectivity index (χ1n) is 8.00. The van der Waals surface area contributed by atoms with Crippen LogP contribution >= 0.6 is 0 Å². The van der Waals surface area contributed by atoms with E-state index in [1.54, 1.807) is 0 Å². The van der Waals surface area contributed by atoms with Crippen molar-refractivity contribution in [1.82, 2.24) is 10.2 Å². The van der Waals surface area contributed by atoms with E-state index in [-0.39, 0.29) is 24.7 Å². The molecule has 21 heavy (non-hydrogen) atoms. The topological polar surface area (TPSA) is 32.3 Å². The van der Waals surface area contributed by atoms with Gasteiger partial charge in [0.25, 0.3) is 0 Å². The molecule has 0 aromatic rings. The Bertz CT molecular complexity index is 343. The van der Waals surface area contributed by atoms with E-state index in [4.69, 9.17) is 0 Å². The van der Waals surface area contributed by atoms with Gasteiger partial charge in [-0.15, -0.1) is 0 Å². The van der Waals surface area contributed by atoms with E-state index in [0.29, 0.717) is 18.9 Å². The van der Waals surface area contributed by atoms with Gasteiger partial charge in [0.2, 0.25) is 5.91 Å². The summed E-state index contributed by atoms with van der Waals surface area (Å²) in [6, 6.07) is 0.472. The maximum atomic E-state index is 12.6. The molecule has 0 spiro atoms. The Hall–Kier alpha value is -0.780. The van der Waals surface area contributed by atoms with Crippen LogP contribution in [0.2, 0.25) is 0 Å². The summed E-state index contributed by atoms with van der Waals surface area (Å²) in [6.45, 7) is 4.46. The van der Waals surface area contributed by atoms with Crippen molar-refractivity contribution >= 4 is 5.91 Å². The summed E-state index contributed by atoms with van der Waals surface area (Å²) in [4.78, 5) is 14.3. The van der Waals surface area contributed by atoms with E-state index in [2.05, 4.69) is 12.2 Å². The number of rotatable bonds is 3. The number of carbonyl (C=O) groups excluding carboxylic acids is 1. The summed E-state index contributed by atoms with van der Waals surface area (Å²) < 4.78 is 37.9. The fourth-order valence-electron chi connectivity index (χ4n) is 3.52. The summed E-state index contributed by atoms with van der Waals surface area (Å²) in [6.07, 6.45) is -1.24. The molecule has 3 nitrogen and oxygen atoms in total. The molecule has 1 heterocycles. The molecule has 0 radical (unpaired) electrons. The molecule has 0 unspecified atom stereocenters. The molecular formula is C15H25F3N2O. The average molecular weight is 306 g/mol. The number of halogens is 3. The number of hydrogen-bond acceptors (Lipinski definition) is 2. The zero-order valence-electron chi connectivity index (χ0n) is 12.6. The van der Waals surface area contributed by atoms with Gasteiger partial charge in [-0.3, -0.25) is 4.79 Å². The largest absolute Gasteiger partial charge is 0.391 e. The summed E-state index contributed by atoms with van der Waals surface area (Å²) in [7, 11) is 0. The highest BCUT2D eigenvalue weighted by atomic mass is 19.4. The Labute approximate surface area is 124 Å². The van der Waals surface area contributed by atoms with Gasteiger partial charge in [-0.2, -0.15) is 13.2 Å². The molecule has 0 aromatic carbocycles. The Balaban J connectivity index is 1.78. The lowest BCUT2D eigenvalue weighted by Gasteiger charge is -2.36. The third kappa shape index (κ3) is 4.34. The highest BCUT2D eigenvalue weighted by molar-refractivity contribution is 5.79. The van der Waals surface area contributed by atoms with E-state index in [9.17, 15) is 18.0 Å². The Morgan fingerprint density at radius 1 is 1.10 bits per heavy atom. The zero-order chi connectivity index (χ0) is 15.5. The van der Waals surface area contributed by atoms with Gasteiger partial charge in [0.1, 0.15) is 0 Å². The highest BCUT2D eigenvalue weighted by Crippen LogP contribution is 2.40. The number of piperidine rings is 1. The average Bonchev–Trinajstić information content (AvgIpc) is 2.47. The standard InChI is InChI=1S/C15H25F3N2O/c1-2-19-13-7-9-20(10-8-13)14(21)11-3-5-12(6-4-11)15(16,17)18/h11-13,19H,2-10H2,1H3. The molecule has 0 atom stereocenters. The molecule has 0 bridgehead atoms. The predicted octanol–water partition coefficient (Wildman–Crippen LogP) is 2.96. The molecule has 2 rings (SSSR count). The second kappa shape index (κ2) is 6.99. The lowest BCUT2D eigenvalue weighted by Crippen LogP contribution is -2.47. The van der Waals surface area contributed by atoms with Crippen LogP contribution in [0, 0.1) is 11.8 Å². The lowest BCUT2D eigenvalue weighted by atomic mass is 9.81. The van der Waals surface area contributed by atoms with Crippen LogP contribution in [0.4, 0.5) is 13.2 Å². The SMILES string of the molecule is CCNC1CCN(C(=O)C2CCC(C(F)(F)F)CC2)CC1. The molecule has 1 N–H and O–H groups in total. The van der Waals surface area contributed by atoms with Crippen LogP contribution in [0.1, 0.15) is 45.4 Å². The van der Waals surface area contributed by atoms with Gasteiger partial charge in [-0.25, -0.2) is 0 Å². The molecule has 2 fully saturated rings. The summed E-state index contributed by atoms with van der Waals surface area (Å²) >= 11 is 0. The van der Waals surface area contributed by atoms with Crippen molar-refractivity contribution in [3.63, 3.8) is 0 Å². The van der Waals surface area contributed by atoms with Crippen LogP contribution in [0.5, 0.6) is 0 Å². The maximum absolute atomic E-state index is 12.6. The molecule has 0 aromatic heterocycles. The third-order valence-corrected chi connectivity index (χ3v) is 4.84. The van der Waals surface area contributed by atoms with Crippen LogP contribution in [-0.2, 0) is 4.79 Å². The van der Waals surface area contributed by atoms with E-state index < -0.39 is 12.1 Å². The van der Waals surface area contributed by atoms with E-state index >= 15 is 0 Å². The number of likely N-dealkylation sites (tertiary alicyclic amines) is 1. The normalized spacial score (nSPS) is 28.7. The zero-order valence-corrected chi connectivity index (χ0v) is 12.6. The molecular weight excluding hydrogens is 281 g/mol. The number of amides is 1. The van der Waals surface area contributed by atoms with Gasteiger partial charge in [0.15, 0.2) is 0 Å². The Morgan fingerprint density at radius 2 is 1.67 bits per heavy atom. The minimum atomic E-state index is -4.10. The van der Waals surface area contributed by atoms with Crippen molar-refractivity contribution in [3.05, 3.63) is 0 Å². The number of carbonyl (C=O) groups is 1. The van der Waals surface area contributed by atoms with Crippen LogP contribution < -0.4 is 5.32 Å². The molecule has 1 saturated heterocycles. The van der Waals surface area contributed by atoms with Crippen LogP contribution in [0.15, 0.2) is 0 Å². The minimum Gasteiger partial charge on any atom is -0.342 e. The number of nitrogens with one attached hydrogen (secondary N) is 1. The van der Waals surface area contributed by atoms with Gasteiger partial charge < -0.3 is 10.2 Å². The maximum Gasteiger partial charge on any atom is 0.391 e. The van der Waals surface area contributed by atoms with Gasteiger partial charge in [0, 0.05) is 25.0 Å². The molecule has 6 heteroatoms. The van der Waals surface area contributed by atoms with E-state index in [1.165, 1.54) is 0 Å². The first-order chi connectivity index (χ1) is 9.91. The van der Waals surface area contributed by atoms with Gasteiger partial charge in [-0.1, -0.05) is 6.92 Å². The van der Waals surface area contributed by atoms with Crippen molar-refractivity contribution in [1.29, 1.82) is 0 Å².